The molecule has 4 nitrogen and oxygen atoms in total. The SMILES string of the molecule is CCCCC[C@H](O)[C@@H](O)/C=C/C(=O)NCC(C)C. The van der Waals surface area contributed by atoms with Gasteiger partial charge in [0.15, 0.2) is 0 Å². The Morgan fingerprint density at radius 1 is 1.28 bits per heavy atom. The van der Waals surface area contributed by atoms with Gasteiger partial charge in [-0.2, -0.15) is 0 Å². The van der Waals surface area contributed by atoms with Crippen LogP contribution in [-0.2, 0) is 4.79 Å². The Kier molecular flexibility index (Phi) is 9.60. The van der Waals surface area contributed by atoms with E-state index in [0.29, 0.717) is 18.9 Å². The zero-order valence-corrected chi connectivity index (χ0v) is 11.7. The molecule has 0 bridgehead atoms. The molecule has 0 unspecified atom stereocenters. The molecular formula is C14H27NO3. The molecule has 2 atom stereocenters. The molecule has 0 spiro atoms. The van der Waals surface area contributed by atoms with Gasteiger partial charge < -0.3 is 15.5 Å². The molecule has 0 aliphatic rings. The number of aliphatic hydroxyl groups is 2. The van der Waals surface area contributed by atoms with Gasteiger partial charge in [0.25, 0.3) is 0 Å². The van der Waals surface area contributed by atoms with Crippen molar-refractivity contribution in [2.45, 2.75) is 58.7 Å². The number of amides is 1. The van der Waals surface area contributed by atoms with E-state index in [1.165, 1.54) is 12.2 Å². The van der Waals surface area contributed by atoms with Crippen LogP contribution < -0.4 is 5.32 Å². The maximum absolute atomic E-state index is 11.3. The average molecular weight is 257 g/mol. The molecule has 0 aromatic carbocycles. The van der Waals surface area contributed by atoms with Crippen molar-refractivity contribution >= 4 is 5.91 Å². The summed E-state index contributed by atoms with van der Waals surface area (Å²) in [5.74, 6) is 0.162. The summed E-state index contributed by atoms with van der Waals surface area (Å²) in [6.07, 6.45) is 4.47. The molecule has 18 heavy (non-hydrogen) atoms. The number of nitrogens with one attached hydrogen (secondary N) is 1. The van der Waals surface area contributed by atoms with Gasteiger partial charge in [-0.05, 0) is 18.4 Å². The van der Waals surface area contributed by atoms with Gasteiger partial charge >= 0.3 is 0 Å². The summed E-state index contributed by atoms with van der Waals surface area (Å²) in [4.78, 5) is 11.3. The Bertz CT molecular complexity index is 251. The fourth-order valence-corrected chi connectivity index (χ4v) is 1.45. The largest absolute Gasteiger partial charge is 0.390 e. The van der Waals surface area contributed by atoms with Crippen LogP contribution in [-0.4, -0.2) is 34.9 Å². The zero-order chi connectivity index (χ0) is 14.0. The van der Waals surface area contributed by atoms with Crippen LogP contribution in [0, 0.1) is 5.92 Å². The highest BCUT2D eigenvalue weighted by Gasteiger charge is 2.12. The average Bonchev–Trinajstić information content (AvgIpc) is 2.33. The maximum Gasteiger partial charge on any atom is 0.243 e. The Morgan fingerprint density at radius 3 is 2.50 bits per heavy atom. The fraction of sp³-hybridized carbons (Fsp3) is 0.786. The lowest BCUT2D eigenvalue weighted by Gasteiger charge is -2.14. The number of unbranched alkanes of at least 4 members (excludes halogenated alkanes) is 2. The summed E-state index contributed by atoms with van der Waals surface area (Å²) in [5.41, 5.74) is 0. The lowest BCUT2D eigenvalue weighted by molar-refractivity contribution is -0.116. The van der Waals surface area contributed by atoms with Crippen molar-refractivity contribution in [1.29, 1.82) is 0 Å². The molecule has 0 fully saturated rings. The maximum atomic E-state index is 11.3. The van der Waals surface area contributed by atoms with Gasteiger partial charge in [0, 0.05) is 12.6 Å². The van der Waals surface area contributed by atoms with Crippen molar-refractivity contribution in [2.75, 3.05) is 6.54 Å². The molecule has 0 aliphatic heterocycles. The molecular weight excluding hydrogens is 230 g/mol. The second kappa shape index (κ2) is 10.1. The van der Waals surface area contributed by atoms with Crippen LogP contribution in [0.1, 0.15) is 46.5 Å². The Hall–Kier alpha value is -0.870. The Morgan fingerprint density at radius 2 is 1.94 bits per heavy atom. The topological polar surface area (TPSA) is 69.6 Å². The third-order valence-electron chi connectivity index (χ3n) is 2.63. The van der Waals surface area contributed by atoms with Crippen LogP contribution in [0.2, 0.25) is 0 Å². The summed E-state index contributed by atoms with van der Waals surface area (Å²) in [5, 5.41) is 22.0. The third kappa shape index (κ3) is 9.19. The molecule has 0 rings (SSSR count). The molecule has 0 aliphatic carbocycles. The summed E-state index contributed by atoms with van der Waals surface area (Å²) in [6.45, 7) is 6.72. The first kappa shape index (κ1) is 17.1. The molecule has 0 saturated carbocycles. The van der Waals surface area contributed by atoms with Crippen molar-refractivity contribution < 1.29 is 15.0 Å². The van der Waals surface area contributed by atoms with Gasteiger partial charge in [0.2, 0.25) is 5.91 Å². The van der Waals surface area contributed by atoms with E-state index in [4.69, 9.17) is 0 Å². The Labute approximate surface area is 110 Å². The van der Waals surface area contributed by atoms with Gasteiger partial charge in [-0.3, -0.25) is 4.79 Å². The van der Waals surface area contributed by atoms with Gasteiger partial charge in [-0.1, -0.05) is 40.0 Å². The lowest BCUT2D eigenvalue weighted by Crippen LogP contribution is -2.27. The molecule has 4 heteroatoms. The summed E-state index contributed by atoms with van der Waals surface area (Å²) >= 11 is 0. The minimum absolute atomic E-state index is 0.233. The minimum atomic E-state index is -0.966. The van der Waals surface area contributed by atoms with Crippen LogP contribution >= 0.6 is 0 Å². The predicted octanol–water partition coefficient (Wildman–Crippen LogP) is 1.62. The van der Waals surface area contributed by atoms with Crippen LogP contribution in [0.25, 0.3) is 0 Å². The normalized spacial score (nSPS) is 15.0. The van der Waals surface area contributed by atoms with Crippen molar-refractivity contribution in [2.24, 2.45) is 5.92 Å². The molecule has 3 N–H and O–H groups in total. The van der Waals surface area contributed by atoms with Crippen LogP contribution in [0.15, 0.2) is 12.2 Å². The van der Waals surface area contributed by atoms with Gasteiger partial charge in [0.1, 0.15) is 0 Å². The standard InChI is InChI=1S/C14H27NO3/c1-4-5-6-7-12(16)13(17)8-9-14(18)15-10-11(2)3/h8-9,11-13,16-17H,4-7,10H2,1-3H3,(H,15,18)/b9-8+/t12-,13-/m0/s1. The first-order valence-corrected chi connectivity index (χ1v) is 6.79. The molecule has 0 heterocycles. The molecule has 0 aromatic rings. The molecule has 0 radical (unpaired) electrons. The number of hydrogen-bond donors (Lipinski definition) is 3. The third-order valence-corrected chi connectivity index (χ3v) is 2.63. The first-order valence-electron chi connectivity index (χ1n) is 6.79. The van der Waals surface area contributed by atoms with Crippen molar-refractivity contribution in [3.63, 3.8) is 0 Å². The van der Waals surface area contributed by atoms with Gasteiger partial charge in [0.05, 0.1) is 12.2 Å². The van der Waals surface area contributed by atoms with E-state index in [1.54, 1.807) is 0 Å². The second-order valence-electron chi connectivity index (χ2n) is 5.05. The highest BCUT2D eigenvalue weighted by atomic mass is 16.3. The number of aliphatic hydroxyl groups excluding tert-OH is 2. The van der Waals surface area contributed by atoms with Crippen molar-refractivity contribution in [3.05, 3.63) is 12.2 Å². The molecule has 0 saturated heterocycles. The van der Waals surface area contributed by atoms with E-state index in [-0.39, 0.29) is 5.91 Å². The van der Waals surface area contributed by atoms with Crippen LogP contribution in [0.4, 0.5) is 0 Å². The first-order chi connectivity index (χ1) is 8.47. The summed E-state index contributed by atoms with van der Waals surface area (Å²) < 4.78 is 0. The zero-order valence-electron chi connectivity index (χ0n) is 11.7. The van der Waals surface area contributed by atoms with Crippen molar-refractivity contribution in [3.8, 4) is 0 Å². The number of rotatable bonds is 9. The van der Waals surface area contributed by atoms with Crippen LogP contribution in [0.3, 0.4) is 0 Å². The predicted molar refractivity (Wildman–Crippen MR) is 73.1 cm³/mol. The summed E-state index contributed by atoms with van der Waals surface area (Å²) in [7, 11) is 0. The van der Waals surface area contributed by atoms with E-state index in [9.17, 15) is 15.0 Å². The van der Waals surface area contributed by atoms with E-state index in [2.05, 4.69) is 12.2 Å². The van der Waals surface area contributed by atoms with Gasteiger partial charge in [-0.15, -0.1) is 0 Å². The highest BCUT2D eigenvalue weighted by Crippen LogP contribution is 2.07. The number of hydrogen-bond acceptors (Lipinski definition) is 3. The molecule has 0 aromatic heterocycles. The van der Waals surface area contributed by atoms with E-state index >= 15 is 0 Å². The highest BCUT2D eigenvalue weighted by molar-refractivity contribution is 5.87. The van der Waals surface area contributed by atoms with Crippen LogP contribution in [0.5, 0.6) is 0 Å². The lowest BCUT2D eigenvalue weighted by atomic mass is 10.1. The molecule has 106 valence electrons. The molecule has 1 amide bonds. The van der Waals surface area contributed by atoms with Gasteiger partial charge in [-0.25, -0.2) is 0 Å². The fourth-order valence-electron chi connectivity index (χ4n) is 1.45. The van der Waals surface area contributed by atoms with E-state index < -0.39 is 12.2 Å². The van der Waals surface area contributed by atoms with E-state index in [0.717, 1.165) is 19.3 Å². The van der Waals surface area contributed by atoms with E-state index in [1.807, 2.05) is 13.8 Å². The second-order valence-corrected chi connectivity index (χ2v) is 5.05. The number of carbonyl (C=O) groups excluding carboxylic acids is 1. The number of carbonyl (C=O) groups is 1. The smallest absolute Gasteiger partial charge is 0.243 e. The summed E-state index contributed by atoms with van der Waals surface area (Å²) in [6, 6.07) is 0. The minimum Gasteiger partial charge on any atom is -0.390 e. The quantitative estimate of drug-likeness (QED) is 0.434. The van der Waals surface area contributed by atoms with Crippen molar-refractivity contribution in [1.82, 2.24) is 5.32 Å². The Balaban J connectivity index is 3.89. The monoisotopic (exact) mass is 257 g/mol.